The molecule has 0 fully saturated rings. The molecule has 0 saturated heterocycles. The molecule has 2 N–H and O–H groups in total. The largest absolute Gasteiger partial charge is 0.486 e. The first-order valence-electron chi connectivity index (χ1n) is 8.06. The van der Waals surface area contributed by atoms with Crippen molar-refractivity contribution in [2.75, 3.05) is 13.2 Å². The Morgan fingerprint density at radius 1 is 1.07 bits per heavy atom. The lowest BCUT2D eigenvalue weighted by molar-refractivity contribution is -0.128. The van der Waals surface area contributed by atoms with Gasteiger partial charge >= 0.3 is 0 Å². The predicted molar refractivity (Wildman–Crippen MR) is 99.6 cm³/mol. The first-order chi connectivity index (χ1) is 13.0. The van der Waals surface area contributed by atoms with E-state index in [1.165, 1.54) is 6.92 Å². The highest BCUT2D eigenvalue weighted by atomic mass is 35.5. The van der Waals surface area contributed by atoms with E-state index in [9.17, 15) is 9.59 Å². The maximum absolute atomic E-state index is 12.2. The van der Waals surface area contributed by atoms with Gasteiger partial charge in [-0.2, -0.15) is 0 Å². The zero-order valence-electron chi connectivity index (χ0n) is 14.3. The number of benzene rings is 2. The first-order valence-corrected chi connectivity index (χ1v) is 8.82. The number of ether oxygens (including phenoxy) is 3. The maximum Gasteiger partial charge on any atom is 0.279 e. The van der Waals surface area contributed by atoms with Gasteiger partial charge in [0.25, 0.3) is 11.8 Å². The Kier molecular flexibility index (Phi) is 5.93. The summed E-state index contributed by atoms with van der Waals surface area (Å²) in [5, 5.41) is 0.521. The third-order valence-corrected chi connectivity index (χ3v) is 4.49. The van der Waals surface area contributed by atoms with Crippen LogP contribution in [0.1, 0.15) is 17.3 Å². The van der Waals surface area contributed by atoms with Crippen LogP contribution in [-0.2, 0) is 4.79 Å². The third-order valence-electron chi connectivity index (χ3n) is 3.69. The number of hydrogen-bond acceptors (Lipinski definition) is 5. The summed E-state index contributed by atoms with van der Waals surface area (Å²) in [6.45, 7) is 2.39. The van der Waals surface area contributed by atoms with Crippen LogP contribution >= 0.6 is 23.2 Å². The van der Waals surface area contributed by atoms with Gasteiger partial charge in [-0.1, -0.05) is 29.3 Å². The van der Waals surface area contributed by atoms with Crippen LogP contribution in [0.5, 0.6) is 17.2 Å². The van der Waals surface area contributed by atoms with E-state index in [4.69, 9.17) is 37.4 Å². The minimum atomic E-state index is -0.915. The minimum absolute atomic E-state index is 0.208. The number of fused-ring (bicyclic) bond motifs is 1. The minimum Gasteiger partial charge on any atom is -0.486 e. The molecule has 9 heteroatoms. The van der Waals surface area contributed by atoms with Gasteiger partial charge in [0.05, 0.1) is 5.02 Å². The number of carbonyl (C=O) groups excluding carboxylic acids is 2. The molecule has 1 aliphatic heterocycles. The second-order valence-electron chi connectivity index (χ2n) is 5.61. The van der Waals surface area contributed by atoms with Crippen LogP contribution in [0.15, 0.2) is 36.4 Å². The van der Waals surface area contributed by atoms with Gasteiger partial charge in [0, 0.05) is 5.56 Å². The van der Waals surface area contributed by atoms with E-state index >= 15 is 0 Å². The van der Waals surface area contributed by atoms with Crippen molar-refractivity contribution in [3.05, 3.63) is 52.0 Å². The van der Waals surface area contributed by atoms with Crippen molar-refractivity contribution in [2.45, 2.75) is 13.0 Å². The fourth-order valence-electron chi connectivity index (χ4n) is 2.30. The number of carbonyl (C=O) groups is 2. The van der Waals surface area contributed by atoms with Gasteiger partial charge in [-0.25, -0.2) is 0 Å². The molecule has 27 heavy (non-hydrogen) atoms. The molecule has 0 saturated carbocycles. The zero-order chi connectivity index (χ0) is 19.4. The SMILES string of the molecule is CC(Oc1cccc(Cl)c1Cl)C(=O)NNC(=O)c1ccc2c(c1)OCCO2. The van der Waals surface area contributed by atoms with Crippen molar-refractivity contribution in [1.82, 2.24) is 10.9 Å². The van der Waals surface area contributed by atoms with Crippen molar-refractivity contribution < 1.29 is 23.8 Å². The van der Waals surface area contributed by atoms with Crippen molar-refractivity contribution in [2.24, 2.45) is 0 Å². The normalized spacial score (nSPS) is 13.4. The Bertz CT molecular complexity index is 875. The van der Waals surface area contributed by atoms with Crippen LogP contribution in [0.2, 0.25) is 10.0 Å². The van der Waals surface area contributed by atoms with Crippen molar-refractivity contribution in [1.29, 1.82) is 0 Å². The molecule has 0 spiro atoms. The quantitative estimate of drug-likeness (QED) is 0.756. The van der Waals surface area contributed by atoms with Gasteiger partial charge in [0.15, 0.2) is 17.6 Å². The molecule has 2 aromatic carbocycles. The van der Waals surface area contributed by atoms with E-state index in [2.05, 4.69) is 10.9 Å². The molecule has 1 unspecified atom stereocenters. The monoisotopic (exact) mass is 410 g/mol. The summed E-state index contributed by atoms with van der Waals surface area (Å²) in [7, 11) is 0. The molecule has 0 aromatic heterocycles. The summed E-state index contributed by atoms with van der Waals surface area (Å²) in [4.78, 5) is 24.4. The van der Waals surface area contributed by atoms with E-state index in [0.29, 0.717) is 35.3 Å². The van der Waals surface area contributed by atoms with E-state index in [1.807, 2.05) is 0 Å². The Hall–Kier alpha value is -2.64. The Morgan fingerprint density at radius 3 is 2.59 bits per heavy atom. The van der Waals surface area contributed by atoms with E-state index in [0.717, 1.165) is 0 Å². The average Bonchev–Trinajstić information content (AvgIpc) is 2.68. The van der Waals surface area contributed by atoms with Crippen LogP contribution in [0.4, 0.5) is 0 Å². The molecular formula is C18H16Cl2N2O5. The predicted octanol–water partition coefficient (Wildman–Crippen LogP) is 2.99. The molecule has 2 amide bonds. The number of rotatable bonds is 4. The molecule has 1 aliphatic rings. The summed E-state index contributed by atoms with van der Waals surface area (Å²) in [6.07, 6.45) is -0.915. The Labute approximate surface area is 165 Å². The summed E-state index contributed by atoms with van der Waals surface area (Å²) in [5.74, 6) is 0.255. The van der Waals surface area contributed by atoms with E-state index in [-0.39, 0.29) is 10.8 Å². The summed E-state index contributed by atoms with van der Waals surface area (Å²) >= 11 is 11.9. The molecule has 1 atom stereocenters. The van der Waals surface area contributed by atoms with Gasteiger partial charge in [0.2, 0.25) is 0 Å². The van der Waals surface area contributed by atoms with Crippen LogP contribution in [-0.4, -0.2) is 31.1 Å². The molecule has 2 aromatic rings. The molecular weight excluding hydrogens is 395 g/mol. The molecule has 0 bridgehead atoms. The van der Waals surface area contributed by atoms with Crippen molar-refractivity contribution in [3.63, 3.8) is 0 Å². The summed E-state index contributed by atoms with van der Waals surface area (Å²) in [5.41, 5.74) is 4.94. The van der Waals surface area contributed by atoms with Crippen LogP contribution in [0.25, 0.3) is 0 Å². The Balaban J connectivity index is 1.56. The fourth-order valence-corrected chi connectivity index (χ4v) is 2.63. The second kappa shape index (κ2) is 8.37. The van der Waals surface area contributed by atoms with Crippen LogP contribution in [0.3, 0.4) is 0 Å². The van der Waals surface area contributed by atoms with E-state index in [1.54, 1.807) is 36.4 Å². The van der Waals surface area contributed by atoms with E-state index < -0.39 is 17.9 Å². The van der Waals surface area contributed by atoms with Gasteiger partial charge < -0.3 is 14.2 Å². The molecule has 1 heterocycles. The molecule has 3 rings (SSSR count). The zero-order valence-corrected chi connectivity index (χ0v) is 15.8. The highest BCUT2D eigenvalue weighted by Crippen LogP contribution is 2.32. The first kappa shape index (κ1) is 19.1. The van der Waals surface area contributed by atoms with Crippen LogP contribution in [0, 0.1) is 0 Å². The van der Waals surface area contributed by atoms with Gasteiger partial charge in [-0.15, -0.1) is 0 Å². The summed E-state index contributed by atoms with van der Waals surface area (Å²) < 4.78 is 16.3. The molecule has 0 aliphatic carbocycles. The highest BCUT2D eigenvalue weighted by molar-refractivity contribution is 6.42. The lowest BCUT2D eigenvalue weighted by atomic mass is 10.2. The number of halogens is 2. The fraction of sp³-hybridized carbons (Fsp3) is 0.222. The van der Waals surface area contributed by atoms with Gasteiger partial charge in [0.1, 0.15) is 24.0 Å². The molecule has 142 valence electrons. The lowest BCUT2D eigenvalue weighted by Crippen LogP contribution is -2.47. The smallest absolute Gasteiger partial charge is 0.279 e. The van der Waals surface area contributed by atoms with Gasteiger partial charge in [-0.3, -0.25) is 20.4 Å². The maximum atomic E-state index is 12.2. The number of amides is 2. The van der Waals surface area contributed by atoms with Gasteiger partial charge in [-0.05, 0) is 37.3 Å². The third kappa shape index (κ3) is 4.56. The number of hydrogen-bond donors (Lipinski definition) is 2. The Morgan fingerprint density at radius 2 is 1.81 bits per heavy atom. The summed E-state index contributed by atoms with van der Waals surface area (Å²) in [6, 6.07) is 9.60. The van der Waals surface area contributed by atoms with Crippen molar-refractivity contribution >= 4 is 35.0 Å². The average molecular weight is 411 g/mol. The second-order valence-corrected chi connectivity index (χ2v) is 6.40. The molecule has 0 radical (unpaired) electrons. The topological polar surface area (TPSA) is 85.9 Å². The standard InChI is InChI=1S/C18H16Cl2N2O5/c1-10(27-14-4-2-3-12(19)16(14)20)17(23)21-22-18(24)11-5-6-13-15(9-11)26-8-7-25-13/h2-6,9-10H,7-8H2,1H3,(H,21,23)(H,22,24). The molecule has 7 nitrogen and oxygen atoms in total. The van der Waals surface area contributed by atoms with Crippen LogP contribution < -0.4 is 25.1 Å². The number of nitrogens with one attached hydrogen (secondary N) is 2. The lowest BCUT2D eigenvalue weighted by Gasteiger charge is -2.19. The number of hydrazine groups is 1. The van der Waals surface area contributed by atoms with Crippen molar-refractivity contribution in [3.8, 4) is 17.2 Å². The highest BCUT2D eigenvalue weighted by Gasteiger charge is 2.19.